The summed E-state index contributed by atoms with van der Waals surface area (Å²) in [6, 6.07) is 0.0457. The predicted octanol–water partition coefficient (Wildman–Crippen LogP) is 2.08. The molecule has 0 bridgehead atoms. The molecule has 1 aliphatic heterocycles. The lowest BCUT2D eigenvalue weighted by atomic mass is 9.93. The first-order valence-corrected chi connectivity index (χ1v) is 8.98. The maximum Gasteiger partial charge on any atom is 0.317 e. The van der Waals surface area contributed by atoms with Gasteiger partial charge in [0.1, 0.15) is 0 Å². The van der Waals surface area contributed by atoms with Crippen LogP contribution in [-0.4, -0.2) is 43.9 Å². The van der Waals surface area contributed by atoms with Gasteiger partial charge in [0.2, 0.25) is 5.89 Å². The minimum absolute atomic E-state index is 0.00776. The number of nitrogens with zero attached hydrogens (tertiary/aromatic N) is 5. The van der Waals surface area contributed by atoms with Crippen LogP contribution in [0.3, 0.4) is 0 Å². The number of amides is 2. The van der Waals surface area contributed by atoms with Crippen molar-refractivity contribution >= 4 is 6.03 Å². The van der Waals surface area contributed by atoms with Crippen molar-refractivity contribution in [2.24, 2.45) is 7.05 Å². The van der Waals surface area contributed by atoms with Crippen molar-refractivity contribution in [1.82, 2.24) is 30.1 Å². The standard InChI is InChI=1S/C17H24N6O2/c1-11-19-16(21-25-11)12-5-4-8-23(10-12)17(24)20-14-6-3-7-15-13(14)9-18-22(15)2/h9,12,14H,3-8,10H2,1-2H3,(H,20,24)/t12-,14+/m0/s1. The maximum absolute atomic E-state index is 12.8. The molecule has 25 heavy (non-hydrogen) atoms. The van der Waals surface area contributed by atoms with E-state index in [0.717, 1.165) is 44.2 Å². The molecule has 0 spiro atoms. The first-order chi connectivity index (χ1) is 12.1. The van der Waals surface area contributed by atoms with Gasteiger partial charge in [-0.1, -0.05) is 5.16 Å². The summed E-state index contributed by atoms with van der Waals surface area (Å²) in [6.45, 7) is 3.20. The van der Waals surface area contributed by atoms with Gasteiger partial charge >= 0.3 is 6.03 Å². The minimum atomic E-state index is -0.00776. The summed E-state index contributed by atoms with van der Waals surface area (Å²) >= 11 is 0. The topological polar surface area (TPSA) is 89.1 Å². The van der Waals surface area contributed by atoms with E-state index in [-0.39, 0.29) is 18.0 Å². The van der Waals surface area contributed by atoms with Gasteiger partial charge in [-0.2, -0.15) is 10.1 Å². The third-order valence-corrected chi connectivity index (χ3v) is 5.29. The molecule has 0 saturated carbocycles. The van der Waals surface area contributed by atoms with Crippen molar-refractivity contribution in [2.45, 2.75) is 51.0 Å². The van der Waals surface area contributed by atoms with Gasteiger partial charge in [-0.15, -0.1) is 0 Å². The van der Waals surface area contributed by atoms with E-state index < -0.39 is 0 Å². The van der Waals surface area contributed by atoms with Crippen LogP contribution in [0.25, 0.3) is 0 Å². The van der Waals surface area contributed by atoms with Crippen LogP contribution < -0.4 is 5.32 Å². The fourth-order valence-electron chi connectivity index (χ4n) is 3.95. The molecule has 1 saturated heterocycles. The molecular weight excluding hydrogens is 320 g/mol. The van der Waals surface area contributed by atoms with Crippen molar-refractivity contribution < 1.29 is 9.32 Å². The fraction of sp³-hybridized carbons (Fsp3) is 0.647. The van der Waals surface area contributed by atoms with Crippen LogP contribution in [0.5, 0.6) is 0 Å². The van der Waals surface area contributed by atoms with Crippen LogP contribution in [0.1, 0.15) is 60.6 Å². The zero-order chi connectivity index (χ0) is 17.4. The van der Waals surface area contributed by atoms with Crippen LogP contribution in [0.4, 0.5) is 4.79 Å². The van der Waals surface area contributed by atoms with Gasteiger partial charge in [0.15, 0.2) is 5.82 Å². The number of aryl methyl sites for hydroxylation is 2. The second-order valence-corrected chi connectivity index (χ2v) is 7.02. The molecule has 1 aliphatic carbocycles. The quantitative estimate of drug-likeness (QED) is 0.901. The Morgan fingerprint density at radius 3 is 3.04 bits per heavy atom. The van der Waals surface area contributed by atoms with Gasteiger partial charge in [-0.05, 0) is 32.1 Å². The lowest BCUT2D eigenvalue weighted by Crippen LogP contribution is -2.46. The summed E-state index contributed by atoms with van der Waals surface area (Å²) in [7, 11) is 1.96. The highest BCUT2D eigenvalue weighted by Crippen LogP contribution is 2.30. The van der Waals surface area contributed by atoms with E-state index in [0.29, 0.717) is 18.3 Å². The number of likely N-dealkylation sites (tertiary alicyclic amines) is 1. The molecule has 2 aliphatic rings. The van der Waals surface area contributed by atoms with Gasteiger partial charge in [0.05, 0.1) is 12.2 Å². The molecule has 1 fully saturated rings. The summed E-state index contributed by atoms with van der Waals surface area (Å²) in [6.07, 6.45) is 6.89. The molecule has 0 unspecified atom stereocenters. The van der Waals surface area contributed by atoms with E-state index in [1.807, 2.05) is 22.8 Å². The number of nitrogens with one attached hydrogen (secondary N) is 1. The second kappa shape index (κ2) is 6.50. The van der Waals surface area contributed by atoms with Crippen LogP contribution in [0.2, 0.25) is 0 Å². The molecule has 4 rings (SSSR count). The monoisotopic (exact) mass is 344 g/mol. The summed E-state index contributed by atoms with van der Waals surface area (Å²) in [5, 5.41) is 11.6. The number of fused-ring (bicyclic) bond motifs is 1. The Hall–Kier alpha value is -2.38. The second-order valence-electron chi connectivity index (χ2n) is 7.02. The van der Waals surface area contributed by atoms with E-state index in [1.165, 1.54) is 5.69 Å². The Morgan fingerprint density at radius 2 is 2.24 bits per heavy atom. The average Bonchev–Trinajstić information content (AvgIpc) is 3.22. The van der Waals surface area contributed by atoms with E-state index >= 15 is 0 Å². The van der Waals surface area contributed by atoms with E-state index in [9.17, 15) is 4.79 Å². The zero-order valence-electron chi connectivity index (χ0n) is 14.7. The Labute approximate surface area is 146 Å². The van der Waals surface area contributed by atoms with Gasteiger partial charge in [-0.25, -0.2) is 4.79 Å². The van der Waals surface area contributed by atoms with E-state index in [4.69, 9.17) is 4.52 Å². The molecule has 0 aromatic carbocycles. The highest BCUT2D eigenvalue weighted by atomic mass is 16.5. The maximum atomic E-state index is 12.8. The van der Waals surface area contributed by atoms with Gasteiger partial charge in [0, 0.05) is 44.2 Å². The first kappa shape index (κ1) is 16.1. The zero-order valence-corrected chi connectivity index (χ0v) is 14.7. The summed E-state index contributed by atoms with van der Waals surface area (Å²) in [5.74, 6) is 1.43. The number of carbonyl (C=O) groups excluding carboxylic acids is 1. The fourth-order valence-corrected chi connectivity index (χ4v) is 3.95. The van der Waals surface area contributed by atoms with Gasteiger partial charge in [-0.3, -0.25) is 4.68 Å². The molecule has 2 atom stereocenters. The first-order valence-electron chi connectivity index (χ1n) is 8.98. The molecule has 3 heterocycles. The number of aromatic nitrogens is 4. The van der Waals surface area contributed by atoms with Gasteiger partial charge < -0.3 is 14.7 Å². The predicted molar refractivity (Wildman–Crippen MR) is 90.0 cm³/mol. The molecule has 1 N–H and O–H groups in total. The number of hydrogen-bond donors (Lipinski definition) is 1. The van der Waals surface area contributed by atoms with Crippen LogP contribution >= 0.6 is 0 Å². The van der Waals surface area contributed by atoms with Crippen molar-refractivity contribution in [1.29, 1.82) is 0 Å². The lowest BCUT2D eigenvalue weighted by molar-refractivity contribution is 0.172. The Morgan fingerprint density at radius 1 is 1.36 bits per heavy atom. The summed E-state index contributed by atoms with van der Waals surface area (Å²) in [4.78, 5) is 19.0. The lowest BCUT2D eigenvalue weighted by Gasteiger charge is -2.33. The largest absolute Gasteiger partial charge is 0.340 e. The smallest absolute Gasteiger partial charge is 0.317 e. The number of rotatable bonds is 2. The number of urea groups is 1. The van der Waals surface area contributed by atoms with Gasteiger partial charge in [0.25, 0.3) is 0 Å². The van der Waals surface area contributed by atoms with Crippen molar-refractivity contribution in [2.75, 3.05) is 13.1 Å². The molecule has 134 valence electrons. The highest BCUT2D eigenvalue weighted by Gasteiger charge is 2.30. The minimum Gasteiger partial charge on any atom is -0.340 e. The number of hydrogen-bond acceptors (Lipinski definition) is 5. The van der Waals surface area contributed by atoms with Crippen molar-refractivity contribution in [3.05, 3.63) is 29.2 Å². The summed E-state index contributed by atoms with van der Waals surface area (Å²) < 4.78 is 7.01. The van der Waals surface area contributed by atoms with E-state index in [1.54, 1.807) is 6.92 Å². The Bertz CT molecular complexity index is 767. The summed E-state index contributed by atoms with van der Waals surface area (Å²) in [5.41, 5.74) is 2.39. The van der Waals surface area contributed by atoms with Crippen LogP contribution in [0.15, 0.2) is 10.7 Å². The molecular formula is C17H24N6O2. The third kappa shape index (κ3) is 3.12. The molecule has 0 radical (unpaired) electrons. The number of carbonyl (C=O) groups is 1. The van der Waals surface area contributed by atoms with E-state index in [2.05, 4.69) is 20.6 Å². The molecule has 2 aromatic heterocycles. The molecule has 8 heteroatoms. The number of piperidine rings is 1. The Balaban J connectivity index is 1.43. The third-order valence-electron chi connectivity index (χ3n) is 5.29. The SMILES string of the molecule is Cc1nc([C@H]2CCCN(C(=O)N[C@@H]3CCCc4c3cnn4C)C2)no1. The van der Waals surface area contributed by atoms with Crippen molar-refractivity contribution in [3.63, 3.8) is 0 Å². The van der Waals surface area contributed by atoms with Crippen molar-refractivity contribution in [3.8, 4) is 0 Å². The normalized spacial score (nSPS) is 23.4. The Kier molecular flexibility index (Phi) is 4.19. The van der Waals surface area contributed by atoms with Crippen LogP contribution in [0, 0.1) is 6.92 Å². The molecule has 2 aromatic rings. The average molecular weight is 344 g/mol. The molecule has 8 nitrogen and oxygen atoms in total. The molecule has 2 amide bonds. The van der Waals surface area contributed by atoms with Crippen LogP contribution in [-0.2, 0) is 13.5 Å². The highest BCUT2D eigenvalue weighted by molar-refractivity contribution is 5.75.